The quantitative estimate of drug-likeness (QED) is 0.930. The Morgan fingerprint density at radius 3 is 2.82 bits per heavy atom. The van der Waals surface area contributed by atoms with E-state index in [2.05, 4.69) is 5.10 Å². The molecule has 1 heterocycles. The summed E-state index contributed by atoms with van der Waals surface area (Å²) < 4.78 is 1.72. The summed E-state index contributed by atoms with van der Waals surface area (Å²) in [6, 6.07) is 5.32. The van der Waals surface area contributed by atoms with Crippen LogP contribution in [0, 0.1) is 0 Å². The number of rotatable bonds is 3. The van der Waals surface area contributed by atoms with E-state index < -0.39 is 6.10 Å². The highest BCUT2D eigenvalue weighted by Crippen LogP contribution is 2.21. The molecule has 1 aromatic carbocycles. The van der Waals surface area contributed by atoms with Gasteiger partial charge in [0, 0.05) is 21.8 Å². The Hall–Kier alpha value is -1.03. The molecule has 1 unspecified atom stereocenters. The van der Waals surface area contributed by atoms with E-state index in [-0.39, 0.29) is 0 Å². The summed E-state index contributed by atoms with van der Waals surface area (Å²) in [5.41, 5.74) is 1.68. The van der Waals surface area contributed by atoms with E-state index in [4.69, 9.17) is 23.2 Å². The monoisotopic (exact) mass is 270 g/mol. The van der Waals surface area contributed by atoms with Gasteiger partial charge in [-0.1, -0.05) is 23.2 Å². The highest BCUT2D eigenvalue weighted by atomic mass is 35.5. The number of aromatic nitrogens is 2. The zero-order valence-corrected chi connectivity index (χ0v) is 10.8. The van der Waals surface area contributed by atoms with E-state index in [0.29, 0.717) is 16.6 Å². The van der Waals surface area contributed by atoms with E-state index in [1.807, 2.05) is 6.07 Å². The maximum atomic E-state index is 9.40. The third kappa shape index (κ3) is 3.00. The summed E-state index contributed by atoms with van der Waals surface area (Å²) in [6.45, 7) is 2.24. The minimum atomic E-state index is -0.515. The molecule has 0 bridgehead atoms. The average Bonchev–Trinajstić information content (AvgIpc) is 2.72. The first-order valence-electron chi connectivity index (χ1n) is 5.20. The van der Waals surface area contributed by atoms with Crippen molar-refractivity contribution in [3.8, 4) is 0 Å². The third-order valence-corrected chi connectivity index (χ3v) is 3.08. The van der Waals surface area contributed by atoms with Crippen LogP contribution in [0.3, 0.4) is 0 Å². The number of nitrogens with zero attached hydrogens (tertiary/aromatic N) is 2. The molecule has 5 heteroatoms. The molecule has 0 radical (unpaired) electrons. The van der Waals surface area contributed by atoms with Crippen LogP contribution in [-0.4, -0.2) is 14.9 Å². The van der Waals surface area contributed by atoms with Crippen LogP contribution >= 0.6 is 23.2 Å². The largest absolute Gasteiger partial charge is 0.389 e. The molecule has 0 saturated heterocycles. The lowest BCUT2D eigenvalue weighted by Crippen LogP contribution is -2.00. The molecular formula is C12H12Cl2N2O. The second-order valence-corrected chi connectivity index (χ2v) is 4.73. The fourth-order valence-electron chi connectivity index (χ4n) is 1.52. The molecule has 0 aliphatic heterocycles. The second-order valence-electron chi connectivity index (χ2n) is 3.88. The summed E-state index contributed by atoms with van der Waals surface area (Å²) >= 11 is 12.0. The van der Waals surface area contributed by atoms with Crippen molar-refractivity contribution in [1.29, 1.82) is 0 Å². The van der Waals surface area contributed by atoms with Crippen LogP contribution in [0.1, 0.15) is 24.2 Å². The lowest BCUT2D eigenvalue weighted by Gasteiger charge is -2.05. The minimum Gasteiger partial charge on any atom is -0.389 e. The zero-order chi connectivity index (χ0) is 12.4. The van der Waals surface area contributed by atoms with Gasteiger partial charge in [-0.3, -0.25) is 4.68 Å². The molecule has 17 heavy (non-hydrogen) atoms. The fraction of sp³-hybridized carbons (Fsp3) is 0.250. The SMILES string of the molecule is CC(O)c1cnn(Cc2cc(Cl)ccc2Cl)c1. The average molecular weight is 271 g/mol. The first-order valence-corrected chi connectivity index (χ1v) is 5.96. The molecule has 0 amide bonds. The van der Waals surface area contributed by atoms with Crippen LogP contribution in [0.2, 0.25) is 10.0 Å². The Bertz CT molecular complexity index is 523. The summed E-state index contributed by atoms with van der Waals surface area (Å²) in [5, 5.41) is 14.9. The Kier molecular flexibility index (Phi) is 3.72. The number of hydrogen-bond acceptors (Lipinski definition) is 2. The van der Waals surface area contributed by atoms with Crippen molar-refractivity contribution in [3.05, 3.63) is 51.8 Å². The summed E-state index contributed by atoms with van der Waals surface area (Å²) in [4.78, 5) is 0. The van der Waals surface area contributed by atoms with E-state index in [9.17, 15) is 5.11 Å². The van der Waals surface area contributed by atoms with Crippen molar-refractivity contribution in [2.75, 3.05) is 0 Å². The lowest BCUT2D eigenvalue weighted by molar-refractivity contribution is 0.199. The number of aliphatic hydroxyl groups excluding tert-OH is 1. The van der Waals surface area contributed by atoms with Crippen LogP contribution in [0.15, 0.2) is 30.6 Å². The van der Waals surface area contributed by atoms with Crippen molar-refractivity contribution in [2.24, 2.45) is 0 Å². The molecule has 0 saturated carbocycles. The van der Waals surface area contributed by atoms with Crippen molar-refractivity contribution < 1.29 is 5.11 Å². The molecule has 0 spiro atoms. The predicted molar refractivity (Wildman–Crippen MR) is 68.4 cm³/mol. The van der Waals surface area contributed by atoms with E-state index in [0.717, 1.165) is 11.1 Å². The van der Waals surface area contributed by atoms with Crippen molar-refractivity contribution in [2.45, 2.75) is 19.6 Å². The number of aliphatic hydroxyl groups is 1. The van der Waals surface area contributed by atoms with Crippen LogP contribution in [-0.2, 0) is 6.54 Å². The fourth-order valence-corrected chi connectivity index (χ4v) is 1.89. The first kappa shape index (κ1) is 12.4. The van der Waals surface area contributed by atoms with Gasteiger partial charge in [0.05, 0.1) is 18.8 Å². The van der Waals surface area contributed by atoms with Gasteiger partial charge in [-0.05, 0) is 30.7 Å². The highest BCUT2D eigenvalue weighted by molar-refractivity contribution is 6.33. The Morgan fingerprint density at radius 1 is 1.41 bits per heavy atom. The normalized spacial score (nSPS) is 12.7. The standard InChI is InChI=1S/C12H12Cl2N2O/c1-8(17)10-5-15-16(7-10)6-9-4-11(13)2-3-12(9)14/h2-5,7-8,17H,6H2,1H3. The molecule has 2 aromatic rings. The first-order chi connectivity index (χ1) is 8.06. The van der Waals surface area contributed by atoms with Gasteiger partial charge in [0.25, 0.3) is 0 Å². The maximum Gasteiger partial charge on any atom is 0.0792 e. The van der Waals surface area contributed by atoms with Gasteiger partial charge in [-0.25, -0.2) is 0 Å². The molecule has 0 fully saturated rings. The summed E-state index contributed by atoms with van der Waals surface area (Å²) in [7, 11) is 0. The molecule has 90 valence electrons. The van der Waals surface area contributed by atoms with Gasteiger partial charge >= 0.3 is 0 Å². The van der Waals surface area contributed by atoms with Gasteiger partial charge < -0.3 is 5.11 Å². The van der Waals surface area contributed by atoms with Gasteiger partial charge in [0.1, 0.15) is 0 Å². The Morgan fingerprint density at radius 2 is 2.18 bits per heavy atom. The smallest absolute Gasteiger partial charge is 0.0792 e. The molecule has 3 nitrogen and oxygen atoms in total. The topological polar surface area (TPSA) is 38.1 Å². The van der Waals surface area contributed by atoms with E-state index in [1.54, 1.807) is 36.1 Å². The lowest BCUT2D eigenvalue weighted by atomic mass is 10.2. The van der Waals surface area contributed by atoms with Gasteiger partial charge in [0.2, 0.25) is 0 Å². The van der Waals surface area contributed by atoms with E-state index in [1.165, 1.54) is 0 Å². The van der Waals surface area contributed by atoms with Crippen LogP contribution in [0.4, 0.5) is 0 Å². The van der Waals surface area contributed by atoms with Crippen molar-refractivity contribution >= 4 is 23.2 Å². The highest BCUT2D eigenvalue weighted by Gasteiger charge is 2.06. The third-order valence-electron chi connectivity index (χ3n) is 2.48. The Labute approximate surface area is 110 Å². The van der Waals surface area contributed by atoms with Gasteiger partial charge in [0.15, 0.2) is 0 Å². The second kappa shape index (κ2) is 5.08. The number of halogens is 2. The van der Waals surface area contributed by atoms with Crippen molar-refractivity contribution in [1.82, 2.24) is 9.78 Å². The van der Waals surface area contributed by atoms with Crippen LogP contribution in [0.5, 0.6) is 0 Å². The number of hydrogen-bond donors (Lipinski definition) is 1. The van der Waals surface area contributed by atoms with Gasteiger partial charge in [-0.15, -0.1) is 0 Å². The van der Waals surface area contributed by atoms with Crippen LogP contribution in [0.25, 0.3) is 0 Å². The van der Waals surface area contributed by atoms with Gasteiger partial charge in [-0.2, -0.15) is 5.10 Å². The predicted octanol–water partition coefficient (Wildman–Crippen LogP) is 3.29. The summed E-state index contributed by atoms with van der Waals surface area (Å²) in [5.74, 6) is 0. The molecule has 1 atom stereocenters. The van der Waals surface area contributed by atoms with Crippen molar-refractivity contribution in [3.63, 3.8) is 0 Å². The molecule has 0 aliphatic rings. The molecular weight excluding hydrogens is 259 g/mol. The molecule has 2 rings (SSSR count). The maximum absolute atomic E-state index is 9.40. The zero-order valence-electron chi connectivity index (χ0n) is 9.27. The number of benzene rings is 1. The summed E-state index contributed by atoms with van der Waals surface area (Å²) in [6.07, 6.45) is 2.92. The van der Waals surface area contributed by atoms with Crippen LogP contribution < -0.4 is 0 Å². The van der Waals surface area contributed by atoms with E-state index >= 15 is 0 Å². The minimum absolute atomic E-state index is 0.515. The molecule has 1 N–H and O–H groups in total. The molecule has 1 aromatic heterocycles. The Balaban J connectivity index is 2.22. The molecule has 0 aliphatic carbocycles.